The molecule has 0 spiro atoms. The summed E-state index contributed by atoms with van der Waals surface area (Å²) >= 11 is 0. The Labute approximate surface area is 155 Å². The second kappa shape index (κ2) is 7.06. The molecule has 27 heavy (non-hydrogen) atoms. The molecule has 0 radical (unpaired) electrons. The Morgan fingerprint density at radius 3 is 2.70 bits per heavy atom. The lowest BCUT2D eigenvalue weighted by atomic mass is 9.98. The van der Waals surface area contributed by atoms with Crippen LogP contribution in [0.25, 0.3) is 0 Å². The Kier molecular flexibility index (Phi) is 4.81. The van der Waals surface area contributed by atoms with E-state index in [1.54, 1.807) is 18.7 Å². The number of carbonyl (C=O) groups excluding carboxylic acids is 2. The molecule has 2 aromatic carbocycles. The maximum Gasteiger partial charge on any atom is 0.338 e. The summed E-state index contributed by atoms with van der Waals surface area (Å²) < 4.78 is 5.22. The molecule has 1 heterocycles. The molecule has 1 aliphatic heterocycles. The molecule has 0 atom stereocenters. The number of ether oxygens (including phenoxy) is 1. The second-order valence-electron chi connectivity index (χ2n) is 6.67. The van der Waals surface area contributed by atoms with Gasteiger partial charge in [-0.15, -0.1) is 0 Å². The van der Waals surface area contributed by atoms with Crippen LogP contribution < -0.4 is 10.2 Å². The number of benzene rings is 2. The van der Waals surface area contributed by atoms with Crippen LogP contribution in [-0.4, -0.2) is 35.5 Å². The lowest BCUT2D eigenvalue weighted by Crippen LogP contribution is -2.54. The number of amides is 1. The van der Waals surface area contributed by atoms with Gasteiger partial charge in [-0.05, 0) is 32.0 Å². The molecule has 1 amide bonds. The first-order valence-corrected chi connectivity index (χ1v) is 8.40. The highest BCUT2D eigenvalue weighted by Gasteiger charge is 2.38. The van der Waals surface area contributed by atoms with Crippen LogP contribution in [-0.2, 0) is 9.53 Å². The van der Waals surface area contributed by atoms with Crippen molar-refractivity contribution in [1.82, 2.24) is 0 Å². The highest BCUT2D eigenvalue weighted by molar-refractivity contribution is 6.07. The van der Waals surface area contributed by atoms with Gasteiger partial charge < -0.3 is 15.0 Å². The normalized spacial score (nSPS) is 14.9. The zero-order valence-electron chi connectivity index (χ0n) is 15.0. The summed E-state index contributed by atoms with van der Waals surface area (Å²) in [7, 11) is 0. The van der Waals surface area contributed by atoms with Gasteiger partial charge in [-0.2, -0.15) is 0 Å². The maximum atomic E-state index is 12.7. The van der Waals surface area contributed by atoms with Crippen molar-refractivity contribution in [1.29, 1.82) is 0 Å². The fourth-order valence-corrected chi connectivity index (χ4v) is 2.93. The number of nitrogens with zero attached hydrogens (tertiary/aromatic N) is 2. The number of esters is 1. The molecule has 8 nitrogen and oxygen atoms in total. The van der Waals surface area contributed by atoms with Crippen LogP contribution in [0.15, 0.2) is 48.5 Å². The molecule has 0 unspecified atom stereocenters. The zero-order chi connectivity index (χ0) is 19.6. The summed E-state index contributed by atoms with van der Waals surface area (Å²) in [6.45, 7) is 3.72. The van der Waals surface area contributed by atoms with Gasteiger partial charge in [-0.3, -0.25) is 14.9 Å². The van der Waals surface area contributed by atoms with E-state index in [4.69, 9.17) is 4.74 Å². The van der Waals surface area contributed by atoms with Crippen LogP contribution in [0.3, 0.4) is 0 Å². The number of nitrogens with one attached hydrogen (secondary N) is 1. The number of fused-ring (bicyclic) bond motifs is 1. The molecule has 8 heteroatoms. The van der Waals surface area contributed by atoms with E-state index >= 15 is 0 Å². The van der Waals surface area contributed by atoms with Gasteiger partial charge in [0.1, 0.15) is 12.1 Å². The summed E-state index contributed by atoms with van der Waals surface area (Å²) in [6.07, 6.45) is 0. The van der Waals surface area contributed by atoms with Crippen molar-refractivity contribution in [2.45, 2.75) is 19.4 Å². The van der Waals surface area contributed by atoms with Crippen molar-refractivity contribution in [3.63, 3.8) is 0 Å². The highest BCUT2D eigenvalue weighted by atomic mass is 16.6. The fourth-order valence-electron chi connectivity index (χ4n) is 2.93. The highest BCUT2D eigenvalue weighted by Crippen LogP contribution is 2.34. The van der Waals surface area contributed by atoms with Crippen molar-refractivity contribution >= 4 is 28.9 Å². The lowest BCUT2D eigenvalue weighted by molar-refractivity contribution is -0.384. The van der Waals surface area contributed by atoms with Crippen LogP contribution in [0.5, 0.6) is 0 Å². The Hall–Kier alpha value is -3.42. The summed E-state index contributed by atoms with van der Waals surface area (Å²) in [6, 6.07) is 12.7. The number of nitro groups is 1. The summed E-state index contributed by atoms with van der Waals surface area (Å²) in [5.41, 5.74) is 0.674. The van der Waals surface area contributed by atoms with Crippen LogP contribution in [0.2, 0.25) is 0 Å². The Morgan fingerprint density at radius 1 is 1.22 bits per heavy atom. The van der Waals surface area contributed by atoms with Crippen LogP contribution in [0.1, 0.15) is 24.2 Å². The molecular formula is C19H19N3O5. The Bertz CT molecular complexity index is 910. The second-order valence-corrected chi connectivity index (χ2v) is 6.67. The molecule has 1 N–H and O–H groups in total. The van der Waals surface area contributed by atoms with Gasteiger partial charge in [-0.1, -0.05) is 18.2 Å². The number of hydrogen-bond donors (Lipinski definition) is 1. The fraction of sp³-hybridized carbons (Fsp3) is 0.263. The van der Waals surface area contributed by atoms with Crippen molar-refractivity contribution in [3.05, 3.63) is 64.2 Å². The van der Waals surface area contributed by atoms with Crippen molar-refractivity contribution in [3.8, 4) is 0 Å². The lowest BCUT2D eigenvalue weighted by Gasteiger charge is -2.39. The monoisotopic (exact) mass is 369 g/mol. The van der Waals surface area contributed by atoms with Gasteiger partial charge in [0.25, 0.3) is 11.6 Å². The van der Waals surface area contributed by atoms with Crippen molar-refractivity contribution in [2.75, 3.05) is 23.4 Å². The first-order valence-electron chi connectivity index (χ1n) is 8.40. The van der Waals surface area contributed by atoms with Crippen molar-refractivity contribution < 1.29 is 19.2 Å². The first-order chi connectivity index (χ1) is 12.8. The third-order valence-electron chi connectivity index (χ3n) is 4.26. The quantitative estimate of drug-likeness (QED) is 0.494. The molecular weight excluding hydrogens is 350 g/mol. The van der Waals surface area contributed by atoms with Gasteiger partial charge in [-0.25, -0.2) is 4.79 Å². The number of rotatable bonds is 5. The van der Waals surface area contributed by atoms with Crippen LogP contribution in [0.4, 0.5) is 17.1 Å². The zero-order valence-corrected chi connectivity index (χ0v) is 15.0. The Morgan fingerprint density at radius 2 is 1.96 bits per heavy atom. The van der Waals surface area contributed by atoms with E-state index in [9.17, 15) is 19.7 Å². The molecule has 0 fully saturated rings. The van der Waals surface area contributed by atoms with Gasteiger partial charge in [0, 0.05) is 12.1 Å². The van der Waals surface area contributed by atoms with Gasteiger partial charge >= 0.3 is 5.97 Å². The van der Waals surface area contributed by atoms with E-state index in [0.717, 1.165) is 11.8 Å². The van der Waals surface area contributed by atoms with E-state index in [1.165, 1.54) is 18.2 Å². The Balaban J connectivity index is 1.69. The van der Waals surface area contributed by atoms with E-state index in [2.05, 4.69) is 5.32 Å². The average molecular weight is 369 g/mol. The number of hydrogen-bond acceptors (Lipinski definition) is 6. The summed E-state index contributed by atoms with van der Waals surface area (Å²) in [5.74, 6) is -0.804. The summed E-state index contributed by atoms with van der Waals surface area (Å²) in [5, 5.41) is 14.0. The molecule has 140 valence electrons. The average Bonchev–Trinajstić information content (AvgIpc) is 2.64. The molecule has 0 bridgehead atoms. The number of carbonyl (C=O) groups is 2. The van der Waals surface area contributed by atoms with Crippen LogP contribution in [0, 0.1) is 10.1 Å². The first kappa shape index (κ1) is 18.4. The van der Waals surface area contributed by atoms with E-state index in [1.807, 2.05) is 24.3 Å². The molecule has 0 aromatic heterocycles. The largest absolute Gasteiger partial charge is 0.460 e. The molecule has 3 rings (SSSR count). The van der Waals surface area contributed by atoms with E-state index in [-0.39, 0.29) is 30.3 Å². The molecule has 0 saturated heterocycles. The summed E-state index contributed by atoms with van der Waals surface area (Å²) in [4.78, 5) is 36.7. The smallest absolute Gasteiger partial charge is 0.338 e. The minimum atomic E-state index is -0.779. The predicted molar refractivity (Wildman–Crippen MR) is 99.9 cm³/mol. The number of anilines is 2. The van der Waals surface area contributed by atoms with Crippen molar-refractivity contribution in [2.24, 2.45) is 0 Å². The third-order valence-corrected chi connectivity index (χ3v) is 4.26. The van der Waals surface area contributed by atoms with Gasteiger partial charge in [0.2, 0.25) is 0 Å². The number of para-hydroxylation sites is 2. The van der Waals surface area contributed by atoms with Gasteiger partial charge in [0.05, 0.1) is 28.4 Å². The third kappa shape index (κ3) is 3.74. The minimum Gasteiger partial charge on any atom is -0.460 e. The topological polar surface area (TPSA) is 102 Å². The van der Waals surface area contributed by atoms with Crippen LogP contribution >= 0.6 is 0 Å². The number of nitro benzene ring substituents is 1. The molecule has 0 aliphatic carbocycles. The van der Waals surface area contributed by atoms with E-state index in [0.29, 0.717) is 5.69 Å². The number of non-ortho nitro benzene ring substituents is 1. The minimum absolute atomic E-state index is 0.0301. The SMILES string of the molecule is CC1(C)Nc2ccccc2N(CCOC(=O)c2cccc([N+](=O)[O-])c2)C1=O. The predicted octanol–water partition coefficient (Wildman–Crippen LogP) is 2.99. The molecule has 1 aliphatic rings. The molecule has 0 saturated carbocycles. The van der Waals surface area contributed by atoms with Gasteiger partial charge in [0.15, 0.2) is 0 Å². The standard InChI is InChI=1S/C19H19N3O5/c1-19(2)18(24)21(16-9-4-3-8-15(16)20-19)10-11-27-17(23)13-6-5-7-14(12-13)22(25)26/h3-9,12,20H,10-11H2,1-2H3. The molecule has 2 aromatic rings. The maximum absolute atomic E-state index is 12.7. The van der Waals surface area contributed by atoms with E-state index < -0.39 is 16.4 Å².